The van der Waals surface area contributed by atoms with Gasteiger partial charge in [0.25, 0.3) is 0 Å². The van der Waals surface area contributed by atoms with Gasteiger partial charge in [0.1, 0.15) is 0 Å². The lowest BCUT2D eigenvalue weighted by atomic mass is 10.0. The summed E-state index contributed by atoms with van der Waals surface area (Å²) in [6, 6.07) is 0. The minimum Gasteiger partial charge on any atom is -0.379 e. The minimum absolute atomic E-state index is 0.481. The third-order valence-electron chi connectivity index (χ3n) is 18.9. The average Bonchev–Trinajstić information content (AvgIpc) is 1.66. The van der Waals surface area contributed by atoms with Gasteiger partial charge in [-0.2, -0.15) is 0 Å². The molecule has 31 heteroatoms. The van der Waals surface area contributed by atoms with Crippen LogP contribution in [0.15, 0.2) is 0 Å². The predicted octanol–water partition coefficient (Wildman–Crippen LogP) is 13.2. The normalized spacial score (nSPS) is 11.9. The summed E-state index contributed by atoms with van der Waals surface area (Å²) in [4.78, 5) is 0. The van der Waals surface area contributed by atoms with Crippen LogP contribution in [0.4, 0.5) is 0 Å². The van der Waals surface area contributed by atoms with Crippen LogP contribution in [0, 0.1) is 0 Å². The number of rotatable bonds is 122. The molecule has 0 fully saturated rings. The Kier molecular flexibility index (Phi) is 122. The molecule has 0 rings (SSSR count). The molecule has 0 aromatic heterocycles. The van der Waals surface area contributed by atoms with Gasteiger partial charge in [0.2, 0.25) is 0 Å². The summed E-state index contributed by atoms with van der Waals surface area (Å²) in [7, 11) is 0. The van der Waals surface area contributed by atoms with E-state index in [1.165, 1.54) is 180 Å². The lowest BCUT2D eigenvalue weighted by Gasteiger charge is -2.09. The second-order valence-corrected chi connectivity index (χ2v) is 29.9. The Morgan fingerprint density at radius 1 is 0.0640 bits per heavy atom. The van der Waals surface area contributed by atoms with E-state index in [2.05, 4.69) is 13.8 Å². The van der Waals surface area contributed by atoms with Crippen molar-refractivity contribution < 1.29 is 147 Å². The summed E-state index contributed by atoms with van der Waals surface area (Å²) < 4.78 is 173. The van der Waals surface area contributed by atoms with E-state index < -0.39 is 0 Å². The van der Waals surface area contributed by atoms with E-state index in [9.17, 15) is 0 Å². The first-order chi connectivity index (χ1) is 62.4. The molecule has 0 aliphatic rings. The van der Waals surface area contributed by atoms with Gasteiger partial charge in [0.05, 0.1) is 396 Å². The molecule has 0 amide bonds. The lowest BCUT2D eigenvalue weighted by Crippen LogP contribution is -2.16. The first kappa shape index (κ1) is 124. The molecule has 0 spiro atoms. The summed E-state index contributed by atoms with van der Waals surface area (Å²) in [6.45, 7) is 36.5. The van der Waals surface area contributed by atoms with E-state index in [1.54, 1.807) is 0 Å². The molecule has 125 heavy (non-hydrogen) atoms. The fourth-order valence-electron chi connectivity index (χ4n) is 11.9. The molecule has 0 atom stereocenters. The van der Waals surface area contributed by atoms with E-state index in [0.717, 1.165) is 26.1 Å². The molecule has 0 radical (unpaired) electrons. The average molecular weight is 1820 g/mol. The largest absolute Gasteiger partial charge is 0.379 e. The van der Waals surface area contributed by atoms with Crippen molar-refractivity contribution in [1.82, 2.24) is 0 Å². The quantitative estimate of drug-likeness (QED) is 0.0511. The molecule has 0 aromatic rings. The van der Waals surface area contributed by atoms with E-state index in [-0.39, 0.29) is 0 Å². The summed E-state index contributed by atoms with van der Waals surface area (Å²) >= 11 is 0. The molecule has 0 N–H and O–H groups in total. The van der Waals surface area contributed by atoms with Gasteiger partial charge < -0.3 is 147 Å². The summed E-state index contributed by atoms with van der Waals surface area (Å²) in [5.41, 5.74) is 0. The second-order valence-electron chi connectivity index (χ2n) is 29.9. The van der Waals surface area contributed by atoms with Crippen LogP contribution in [0.5, 0.6) is 0 Å². The van der Waals surface area contributed by atoms with Crippen molar-refractivity contribution >= 4 is 0 Å². The number of unbranched alkanes of at least 4 members (excludes halogenated alkanes) is 28. The zero-order valence-corrected chi connectivity index (χ0v) is 79.7. The molecular weight excluding hydrogens is 1630 g/mol. The van der Waals surface area contributed by atoms with Crippen LogP contribution in [0.1, 0.15) is 206 Å². The molecule has 0 bridgehead atoms. The van der Waals surface area contributed by atoms with Crippen LogP contribution in [-0.2, 0) is 147 Å². The Balaban J connectivity index is 3.10. The molecule has 31 nitrogen and oxygen atoms in total. The Hall–Kier alpha value is -1.24. The fraction of sp³-hybridized carbons (Fsp3) is 1.00. The third-order valence-corrected chi connectivity index (χ3v) is 18.9. The van der Waals surface area contributed by atoms with Crippen LogP contribution in [0.2, 0.25) is 0 Å². The fourth-order valence-corrected chi connectivity index (χ4v) is 11.9. The van der Waals surface area contributed by atoms with Gasteiger partial charge in [-0.3, -0.25) is 0 Å². The summed E-state index contributed by atoms with van der Waals surface area (Å²) in [5.74, 6) is 0. The topological polar surface area (TPSA) is 286 Å². The Bertz CT molecular complexity index is 1590. The van der Waals surface area contributed by atoms with Gasteiger partial charge in [-0.05, 0) is 12.8 Å². The van der Waals surface area contributed by atoms with Crippen LogP contribution < -0.4 is 0 Å². The van der Waals surface area contributed by atoms with Gasteiger partial charge in [0.15, 0.2) is 0 Å². The van der Waals surface area contributed by atoms with Crippen LogP contribution in [-0.4, -0.2) is 410 Å². The standard InChI is InChI=1S/C94H190O31/c1-3-5-7-9-11-13-15-17-19-20-22-24-26-28-30-32-34-96-36-38-98-40-42-100-44-46-102-48-50-104-52-54-106-56-58-108-60-62-110-64-66-112-68-70-114-72-74-116-76-78-118-80-82-120-84-86-122-88-90-124-92-94-125-93-91-123-89-87-121-85-83-119-81-79-117-77-75-115-73-71-113-69-67-111-65-63-109-61-59-107-57-55-105-53-51-103-49-47-101-45-43-99-41-39-97-37-35-95-33-31-29-27-25-23-21-18-16-14-12-10-8-6-4-2/h3-94H2,1-2H3. The van der Waals surface area contributed by atoms with Gasteiger partial charge in [-0.15, -0.1) is 0 Å². The second kappa shape index (κ2) is 123. The van der Waals surface area contributed by atoms with Crippen molar-refractivity contribution in [2.75, 3.05) is 410 Å². The maximum Gasteiger partial charge on any atom is 0.0701 e. The maximum atomic E-state index is 5.72. The van der Waals surface area contributed by atoms with Crippen molar-refractivity contribution in [2.24, 2.45) is 0 Å². The van der Waals surface area contributed by atoms with Crippen molar-refractivity contribution in [3.8, 4) is 0 Å². The number of hydrogen-bond donors (Lipinski definition) is 0. The highest BCUT2D eigenvalue weighted by atomic mass is 16.6. The Labute approximate surface area is 759 Å². The van der Waals surface area contributed by atoms with Crippen LogP contribution >= 0.6 is 0 Å². The monoisotopic (exact) mass is 1820 g/mol. The smallest absolute Gasteiger partial charge is 0.0701 e. The van der Waals surface area contributed by atoms with Crippen molar-refractivity contribution in [3.05, 3.63) is 0 Å². The van der Waals surface area contributed by atoms with E-state index in [0.29, 0.717) is 396 Å². The van der Waals surface area contributed by atoms with E-state index in [4.69, 9.17) is 147 Å². The van der Waals surface area contributed by atoms with Crippen LogP contribution in [0.3, 0.4) is 0 Å². The number of ether oxygens (including phenoxy) is 31. The van der Waals surface area contributed by atoms with Gasteiger partial charge in [0, 0.05) is 13.2 Å². The van der Waals surface area contributed by atoms with Crippen molar-refractivity contribution in [2.45, 2.75) is 206 Å². The first-order valence-corrected chi connectivity index (χ1v) is 49.3. The molecule has 752 valence electrons. The summed E-state index contributed by atoms with van der Waals surface area (Å²) in [6.07, 6.45) is 41.2. The molecule has 0 saturated carbocycles. The maximum absolute atomic E-state index is 5.72. The van der Waals surface area contributed by atoms with Gasteiger partial charge >= 0.3 is 0 Å². The Morgan fingerprint density at radius 2 is 0.120 bits per heavy atom. The SMILES string of the molecule is CCCCCCCCCCCCCCCCCCOCCOCCOCCOCCOCCOCCOCCOCCOCCOCCOCCOCCOCCOCCOCCOCCOCCOCCOCCOCCOCCOCCOCCOCCOCCOCCOCCOCCOCCOCCOCCCCCCCCCCCCCCCC. The first-order valence-electron chi connectivity index (χ1n) is 49.3. The molecule has 0 aliphatic carbocycles. The van der Waals surface area contributed by atoms with Crippen molar-refractivity contribution in [1.29, 1.82) is 0 Å². The predicted molar refractivity (Wildman–Crippen MR) is 485 cm³/mol. The van der Waals surface area contributed by atoms with E-state index >= 15 is 0 Å². The lowest BCUT2D eigenvalue weighted by molar-refractivity contribution is -0.0325. The Morgan fingerprint density at radius 3 is 0.192 bits per heavy atom. The van der Waals surface area contributed by atoms with Gasteiger partial charge in [-0.1, -0.05) is 194 Å². The highest BCUT2D eigenvalue weighted by Crippen LogP contribution is 2.16. The number of hydrogen-bond acceptors (Lipinski definition) is 31. The summed E-state index contributed by atoms with van der Waals surface area (Å²) in [5, 5.41) is 0. The molecule has 0 heterocycles. The highest BCUT2D eigenvalue weighted by molar-refractivity contribution is 4.54. The zero-order valence-electron chi connectivity index (χ0n) is 79.7. The molecule has 0 saturated heterocycles. The molecule has 0 unspecified atom stereocenters. The minimum atomic E-state index is 0.481. The molecular formula is C94H190O31. The molecule has 0 aliphatic heterocycles. The third kappa shape index (κ3) is 123. The van der Waals surface area contributed by atoms with Crippen LogP contribution in [0.25, 0.3) is 0 Å². The highest BCUT2D eigenvalue weighted by Gasteiger charge is 2.05. The van der Waals surface area contributed by atoms with E-state index in [1.807, 2.05) is 0 Å². The van der Waals surface area contributed by atoms with Crippen molar-refractivity contribution in [3.63, 3.8) is 0 Å². The van der Waals surface area contributed by atoms with Gasteiger partial charge in [-0.25, -0.2) is 0 Å². The zero-order chi connectivity index (χ0) is 89.0. The molecule has 0 aromatic carbocycles.